The summed E-state index contributed by atoms with van der Waals surface area (Å²) in [6, 6.07) is -0.335. The quantitative estimate of drug-likeness (QED) is 0.151. The summed E-state index contributed by atoms with van der Waals surface area (Å²) < 4.78 is 0. The second-order valence-corrected chi connectivity index (χ2v) is 12.8. The lowest BCUT2D eigenvalue weighted by molar-refractivity contribution is -0.138. The molecule has 1 aromatic heterocycles. The Hall–Kier alpha value is -3.58. The highest BCUT2D eigenvalue weighted by atomic mass is 16.4. The summed E-state index contributed by atoms with van der Waals surface area (Å²) in [5, 5.41) is 49.5. The monoisotopic (exact) mass is 623 g/mol. The zero-order chi connectivity index (χ0) is 32.8. The SMILES string of the molecule is CCC1=C(C)C([C@H]2N[C@]23N/C(=C\c2[nH]c(C[C@H]4N[C@@H](O)[C@H](C)[C@H]4CCO)c(C)c2CCC(=O)O)C(CCC(=O)O)=C3C)=NC1=O. The Morgan fingerprint density at radius 2 is 1.76 bits per heavy atom. The highest BCUT2D eigenvalue weighted by molar-refractivity contribution is 6.22. The van der Waals surface area contributed by atoms with Gasteiger partial charge in [0.05, 0.1) is 11.8 Å². The Balaban J connectivity index is 1.51. The maximum atomic E-state index is 12.5. The molecule has 6 atom stereocenters. The lowest BCUT2D eigenvalue weighted by Gasteiger charge is -2.21. The predicted molar refractivity (Wildman–Crippen MR) is 168 cm³/mol. The fraction of sp³-hybridized carbons (Fsp3) is 0.576. The molecule has 0 aromatic carbocycles. The number of hydrogen-bond acceptors (Lipinski definition) is 8. The van der Waals surface area contributed by atoms with E-state index in [0.717, 1.165) is 44.9 Å². The number of aliphatic carboxylic acids is 2. The number of allylic oxidation sites excluding steroid dienone is 1. The van der Waals surface area contributed by atoms with Crippen LogP contribution in [0.5, 0.6) is 0 Å². The normalized spacial score (nSPS) is 30.2. The Labute approximate surface area is 262 Å². The summed E-state index contributed by atoms with van der Waals surface area (Å²) in [5.74, 6) is -2.00. The molecule has 4 aliphatic heterocycles. The molecule has 12 nitrogen and oxygen atoms in total. The van der Waals surface area contributed by atoms with Crippen molar-refractivity contribution < 1.29 is 34.8 Å². The van der Waals surface area contributed by atoms with Crippen LogP contribution in [0.4, 0.5) is 0 Å². The molecule has 2 saturated heterocycles. The van der Waals surface area contributed by atoms with E-state index < -0.39 is 23.8 Å². The second kappa shape index (κ2) is 12.7. The van der Waals surface area contributed by atoms with Crippen LogP contribution in [-0.4, -0.2) is 79.5 Å². The first kappa shape index (κ1) is 32.8. The minimum absolute atomic E-state index is 0.0216. The number of H-pyrrole nitrogens is 1. The van der Waals surface area contributed by atoms with E-state index in [0.29, 0.717) is 37.0 Å². The summed E-state index contributed by atoms with van der Waals surface area (Å²) in [4.78, 5) is 43.6. The number of aromatic amines is 1. The lowest BCUT2D eigenvalue weighted by atomic mass is 9.86. The van der Waals surface area contributed by atoms with E-state index in [1.54, 1.807) is 0 Å². The zero-order valence-corrected chi connectivity index (χ0v) is 26.6. The topological polar surface area (TPSA) is 206 Å². The van der Waals surface area contributed by atoms with Crippen molar-refractivity contribution in [2.75, 3.05) is 6.61 Å². The lowest BCUT2D eigenvalue weighted by Crippen LogP contribution is -2.34. The van der Waals surface area contributed by atoms with Crippen LogP contribution in [-0.2, 0) is 27.2 Å². The van der Waals surface area contributed by atoms with Gasteiger partial charge < -0.3 is 30.7 Å². The first-order valence-corrected chi connectivity index (χ1v) is 15.8. The van der Waals surface area contributed by atoms with Gasteiger partial charge in [0.15, 0.2) is 0 Å². The molecular formula is C33H45N5O7. The number of aliphatic hydroxyl groups is 2. The number of carbonyl (C=O) groups is 3. The molecule has 0 bridgehead atoms. The van der Waals surface area contributed by atoms with E-state index in [1.807, 2.05) is 40.7 Å². The molecule has 1 amide bonds. The molecule has 5 rings (SSSR count). The van der Waals surface area contributed by atoms with Crippen molar-refractivity contribution in [2.45, 2.75) is 104 Å². The van der Waals surface area contributed by atoms with E-state index in [4.69, 9.17) is 0 Å². The van der Waals surface area contributed by atoms with E-state index in [1.165, 1.54) is 0 Å². The molecule has 0 saturated carbocycles. The molecular weight excluding hydrogens is 578 g/mol. The van der Waals surface area contributed by atoms with Gasteiger partial charge in [0.1, 0.15) is 11.9 Å². The average molecular weight is 624 g/mol. The third kappa shape index (κ3) is 6.04. The molecule has 0 radical (unpaired) electrons. The van der Waals surface area contributed by atoms with Crippen LogP contribution < -0.4 is 16.0 Å². The Kier molecular flexibility index (Phi) is 9.23. The summed E-state index contributed by atoms with van der Waals surface area (Å²) in [7, 11) is 0. The maximum absolute atomic E-state index is 12.5. The number of amides is 1. The van der Waals surface area contributed by atoms with Gasteiger partial charge in [-0.15, -0.1) is 0 Å². The first-order chi connectivity index (χ1) is 21.3. The average Bonchev–Trinajstić information content (AvgIpc) is 3.26. The first-order valence-electron chi connectivity index (χ1n) is 15.8. The molecule has 4 aliphatic rings. The number of carboxylic acids is 2. The van der Waals surface area contributed by atoms with Crippen LogP contribution in [0, 0.1) is 18.8 Å². The Bertz CT molecular complexity index is 1540. The number of aliphatic imine (C=N–C) groups is 1. The van der Waals surface area contributed by atoms with Gasteiger partial charge in [-0.05, 0) is 92.2 Å². The predicted octanol–water partition coefficient (Wildman–Crippen LogP) is 2.31. The standard InChI is InChI=1S/C33H45N5O7/c1-6-19-16(3)29(36-32(19)45)30-33(38-30)18(5)22(8-10-28(42)43)26(37-33)14-24-20(7-9-27(40)41)15(2)23(34-24)13-25-21(11-12-39)17(4)31(44)35-25/h14,17,21,25,30-31,34-35,37-39,44H,6-13H2,1-5H3,(H,40,41)(H,42,43)/b26-14-/t17-,21-,25-,30-,31+,33+/m1/s1. The van der Waals surface area contributed by atoms with Gasteiger partial charge in [-0.1, -0.05) is 13.8 Å². The Morgan fingerprint density at radius 1 is 1.07 bits per heavy atom. The van der Waals surface area contributed by atoms with Crippen LogP contribution >= 0.6 is 0 Å². The van der Waals surface area contributed by atoms with Crippen molar-refractivity contribution in [1.82, 2.24) is 20.9 Å². The minimum atomic E-state index is -0.911. The van der Waals surface area contributed by atoms with Gasteiger partial charge in [0.2, 0.25) is 0 Å². The van der Waals surface area contributed by atoms with Gasteiger partial charge in [-0.3, -0.25) is 25.0 Å². The number of nitrogens with zero attached hydrogens (tertiary/aromatic N) is 1. The zero-order valence-electron chi connectivity index (χ0n) is 26.6. The number of carbonyl (C=O) groups excluding carboxylic acids is 1. The van der Waals surface area contributed by atoms with Gasteiger partial charge >= 0.3 is 11.9 Å². The van der Waals surface area contributed by atoms with Crippen molar-refractivity contribution in [3.05, 3.63) is 50.5 Å². The van der Waals surface area contributed by atoms with Crippen molar-refractivity contribution in [2.24, 2.45) is 16.8 Å². The number of carboxylic acid groups (broad SMARTS) is 2. The molecule has 0 aliphatic carbocycles. The van der Waals surface area contributed by atoms with Gasteiger partial charge in [0, 0.05) is 54.6 Å². The second-order valence-electron chi connectivity index (χ2n) is 12.8. The summed E-state index contributed by atoms with van der Waals surface area (Å²) >= 11 is 0. The van der Waals surface area contributed by atoms with Crippen LogP contribution in [0.1, 0.15) is 82.3 Å². The molecule has 8 N–H and O–H groups in total. The van der Waals surface area contributed by atoms with Gasteiger partial charge in [-0.25, -0.2) is 4.99 Å². The summed E-state index contributed by atoms with van der Waals surface area (Å²) in [6.07, 6.45) is 3.44. The largest absolute Gasteiger partial charge is 0.481 e. The third-order valence-corrected chi connectivity index (χ3v) is 10.3. The number of aliphatic hydroxyl groups excluding tert-OH is 2. The van der Waals surface area contributed by atoms with E-state index in [-0.39, 0.29) is 55.7 Å². The van der Waals surface area contributed by atoms with Crippen molar-refractivity contribution >= 4 is 29.6 Å². The number of rotatable bonds is 13. The fourth-order valence-electron chi connectivity index (χ4n) is 7.54. The van der Waals surface area contributed by atoms with Crippen molar-refractivity contribution in [3.63, 3.8) is 0 Å². The fourth-order valence-corrected chi connectivity index (χ4v) is 7.54. The Morgan fingerprint density at radius 3 is 2.38 bits per heavy atom. The van der Waals surface area contributed by atoms with E-state index in [9.17, 15) is 34.8 Å². The number of aromatic nitrogens is 1. The molecule has 0 unspecified atom stereocenters. The molecule has 5 heterocycles. The van der Waals surface area contributed by atoms with Crippen molar-refractivity contribution in [3.8, 4) is 0 Å². The highest BCUT2D eigenvalue weighted by Gasteiger charge is 2.62. The van der Waals surface area contributed by atoms with Crippen molar-refractivity contribution in [1.29, 1.82) is 0 Å². The number of nitrogens with one attached hydrogen (secondary N) is 4. The molecule has 1 spiro atoms. The summed E-state index contributed by atoms with van der Waals surface area (Å²) in [6.45, 7) is 9.76. The minimum Gasteiger partial charge on any atom is -0.481 e. The third-order valence-electron chi connectivity index (χ3n) is 10.3. The van der Waals surface area contributed by atoms with Gasteiger partial charge in [-0.2, -0.15) is 0 Å². The molecule has 1 aromatic rings. The van der Waals surface area contributed by atoms with Crippen LogP contribution in [0.15, 0.2) is 33.0 Å². The van der Waals surface area contributed by atoms with Gasteiger partial charge in [0.25, 0.3) is 5.91 Å². The van der Waals surface area contributed by atoms with Crippen LogP contribution in [0.2, 0.25) is 0 Å². The van der Waals surface area contributed by atoms with Crippen LogP contribution in [0.3, 0.4) is 0 Å². The molecule has 12 heteroatoms. The summed E-state index contributed by atoms with van der Waals surface area (Å²) in [5.41, 5.74) is 7.55. The van der Waals surface area contributed by atoms with E-state index >= 15 is 0 Å². The maximum Gasteiger partial charge on any atom is 0.303 e. The molecule has 45 heavy (non-hydrogen) atoms. The smallest absolute Gasteiger partial charge is 0.303 e. The van der Waals surface area contributed by atoms with E-state index in [2.05, 4.69) is 25.9 Å². The molecule has 2 fully saturated rings. The van der Waals surface area contributed by atoms with Crippen LogP contribution in [0.25, 0.3) is 6.08 Å². The number of hydrogen-bond donors (Lipinski definition) is 8. The highest BCUT2D eigenvalue weighted by Crippen LogP contribution is 2.46. The molecule has 244 valence electrons.